The average molecular weight is 438 g/mol. The van der Waals surface area contributed by atoms with Gasteiger partial charge in [0.15, 0.2) is 0 Å². The van der Waals surface area contributed by atoms with Gasteiger partial charge in [-0.3, -0.25) is 14.6 Å². The first kappa shape index (κ1) is 21.9. The lowest BCUT2D eigenvalue weighted by Crippen LogP contribution is -2.51. The van der Waals surface area contributed by atoms with Crippen molar-refractivity contribution in [2.45, 2.75) is 44.2 Å². The average Bonchev–Trinajstić information content (AvgIpc) is 3.65. The Morgan fingerprint density at radius 2 is 1.77 bits per heavy atom. The first-order valence-electron chi connectivity index (χ1n) is 11.2. The number of hydrogen-bond donors (Lipinski definition) is 0. The third kappa shape index (κ3) is 5.48. The van der Waals surface area contributed by atoms with Crippen LogP contribution in [0.1, 0.15) is 41.7 Å². The Kier molecular flexibility index (Phi) is 7.28. The second kappa shape index (κ2) is 10.3. The molecule has 1 saturated carbocycles. The molecule has 2 aliphatic rings. The van der Waals surface area contributed by atoms with Gasteiger partial charge in [0.2, 0.25) is 5.91 Å². The van der Waals surface area contributed by atoms with Crippen LogP contribution in [0.3, 0.4) is 0 Å². The first-order valence-corrected chi connectivity index (χ1v) is 12.6. The minimum absolute atomic E-state index is 0.0462. The largest absolute Gasteiger partial charge is 0.342 e. The molecule has 4 rings (SSSR count). The normalized spacial score (nSPS) is 17.9. The molecule has 0 bridgehead atoms. The summed E-state index contributed by atoms with van der Waals surface area (Å²) in [5, 5.41) is 0. The van der Waals surface area contributed by atoms with Crippen molar-refractivity contribution in [2.75, 3.05) is 25.1 Å². The van der Waals surface area contributed by atoms with Crippen molar-refractivity contribution in [3.8, 4) is 0 Å². The maximum atomic E-state index is 13.6. The highest BCUT2D eigenvalue weighted by Gasteiger charge is 2.42. The van der Waals surface area contributed by atoms with E-state index in [4.69, 9.17) is 0 Å². The van der Waals surface area contributed by atoms with Gasteiger partial charge >= 0.3 is 0 Å². The van der Waals surface area contributed by atoms with E-state index in [0.29, 0.717) is 23.4 Å². The minimum Gasteiger partial charge on any atom is -0.342 e. The van der Waals surface area contributed by atoms with Gasteiger partial charge < -0.3 is 9.80 Å². The Morgan fingerprint density at radius 3 is 2.39 bits per heavy atom. The number of thioether (sulfide) groups is 1. The third-order valence-electron chi connectivity index (χ3n) is 6.41. The van der Waals surface area contributed by atoms with E-state index in [0.717, 1.165) is 45.2 Å². The summed E-state index contributed by atoms with van der Waals surface area (Å²) in [5.41, 5.74) is 1.79. The van der Waals surface area contributed by atoms with Gasteiger partial charge in [-0.15, -0.1) is 0 Å². The molecule has 5 nitrogen and oxygen atoms in total. The molecule has 2 fully saturated rings. The number of piperidine rings is 1. The summed E-state index contributed by atoms with van der Waals surface area (Å²) in [7, 11) is 0. The number of pyridine rings is 1. The monoisotopic (exact) mass is 437 g/mol. The van der Waals surface area contributed by atoms with Crippen molar-refractivity contribution in [3.63, 3.8) is 0 Å². The molecule has 1 aromatic carbocycles. The fourth-order valence-electron chi connectivity index (χ4n) is 4.66. The molecular weight excluding hydrogens is 406 g/mol. The molecule has 31 heavy (non-hydrogen) atoms. The zero-order valence-electron chi connectivity index (χ0n) is 18.2. The van der Waals surface area contributed by atoms with Crippen LogP contribution in [0.2, 0.25) is 0 Å². The Balaban J connectivity index is 1.56. The fraction of sp³-hybridized carbons (Fsp3) is 0.480. The molecule has 1 aliphatic heterocycles. The fourth-order valence-corrected chi connectivity index (χ4v) is 5.09. The molecule has 1 unspecified atom stereocenters. The Hall–Kier alpha value is -2.34. The summed E-state index contributed by atoms with van der Waals surface area (Å²) in [6.45, 7) is 1.57. The van der Waals surface area contributed by atoms with Crippen LogP contribution in [-0.2, 0) is 11.2 Å². The van der Waals surface area contributed by atoms with Crippen LogP contribution in [-0.4, -0.2) is 63.8 Å². The highest BCUT2D eigenvalue weighted by molar-refractivity contribution is 7.99. The molecule has 2 aromatic rings. The molecule has 6 heteroatoms. The van der Waals surface area contributed by atoms with E-state index in [1.165, 1.54) is 5.56 Å². The van der Waals surface area contributed by atoms with E-state index in [1.54, 1.807) is 18.0 Å². The number of hydrogen-bond acceptors (Lipinski definition) is 4. The van der Waals surface area contributed by atoms with Crippen molar-refractivity contribution < 1.29 is 9.59 Å². The van der Waals surface area contributed by atoms with Gasteiger partial charge in [-0.1, -0.05) is 36.4 Å². The number of rotatable bonds is 8. The number of amides is 2. The molecular formula is C25H31N3O2S. The number of aromatic nitrogens is 1. The molecule has 164 valence electrons. The van der Waals surface area contributed by atoms with E-state index in [2.05, 4.69) is 34.1 Å². The smallest absolute Gasteiger partial charge is 0.272 e. The molecule has 0 spiro atoms. The lowest BCUT2D eigenvalue weighted by molar-refractivity contribution is -0.130. The Labute approximate surface area is 189 Å². The van der Waals surface area contributed by atoms with E-state index >= 15 is 0 Å². The summed E-state index contributed by atoms with van der Waals surface area (Å²) in [4.78, 5) is 34.4. The van der Waals surface area contributed by atoms with Crippen LogP contribution in [0.25, 0.3) is 0 Å². The summed E-state index contributed by atoms with van der Waals surface area (Å²) in [6, 6.07) is 16.5. The van der Waals surface area contributed by atoms with E-state index in [-0.39, 0.29) is 17.9 Å². The van der Waals surface area contributed by atoms with Crippen LogP contribution in [0.15, 0.2) is 54.7 Å². The number of benzene rings is 1. The maximum Gasteiger partial charge on any atom is 0.272 e. The third-order valence-corrected chi connectivity index (χ3v) is 6.94. The minimum atomic E-state index is 0.0462. The van der Waals surface area contributed by atoms with Crippen LogP contribution in [0.5, 0.6) is 0 Å². The molecule has 2 amide bonds. The Bertz CT molecular complexity index is 865. The summed E-state index contributed by atoms with van der Waals surface area (Å²) in [6.07, 6.45) is 8.52. The number of carbonyl (C=O) groups excluding carboxylic acids is 2. The van der Waals surface area contributed by atoms with Gasteiger partial charge in [0.1, 0.15) is 5.69 Å². The molecule has 1 atom stereocenters. The molecule has 1 aliphatic carbocycles. The van der Waals surface area contributed by atoms with Gasteiger partial charge in [-0.2, -0.15) is 11.8 Å². The zero-order valence-corrected chi connectivity index (χ0v) is 19.0. The lowest BCUT2D eigenvalue weighted by Gasteiger charge is -2.41. The van der Waals surface area contributed by atoms with Crippen LogP contribution in [0, 0.1) is 5.92 Å². The number of nitrogens with zero attached hydrogens (tertiary/aromatic N) is 3. The summed E-state index contributed by atoms with van der Waals surface area (Å²) >= 11 is 1.58. The molecule has 1 saturated heterocycles. The van der Waals surface area contributed by atoms with Gasteiger partial charge in [-0.25, -0.2) is 0 Å². The van der Waals surface area contributed by atoms with Crippen molar-refractivity contribution in [2.24, 2.45) is 5.92 Å². The highest BCUT2D eigenvalue weighted by Crippen LogP contribution is 2.36. The topological polar surface area (TPSA) is 53.5 Å². The zero-order chi connectivity index (χ0) is 21.6. The number of carbonyl (C=O) groups is 2. The van der Waals surface area contributed by atoms with Crippen molar-refractivity contribution in [1.29, 1.82) is 0 Å². The maximum absolute atomic E-state index is 13.6. The second-order valence-electron chi connectivity index (χ2n) is 8.57. The van der Waals surface area contributed by atoms with E-state index in [1.807, 2.05) is 35.4 Å². The molecule has 0 radical (unpaired) electrons. The van der Waals surface area contributed by atoms with Gasteiger partial charge in [0.25, 0.3) is 5.91 Å². The first-order chi connectivity index (χ1) is 15.2. The van der Waals surface area contributed by atoms with Crippen LogP contribution >= 0.6 is 11.8 Å². The van der Waals surface area contributed by atoms with E-state index < -0.39 is 0 Å². The standard InChI is InChI=1S/C25H31N3O2S/c1-31-18-24(29)27-15-12-20(13-16-27)23(17-19-7-3-2-4-8-19)28(21-10-11-21)25(30)22-9-5-6-14-26-22/h2-9,14,20-21,23H,10-13,15-18H2,1H3. The lowest BCUT2D eigenvalue weighted by atomic mass is 9.84. The summed E-state index contributed by atoms with van der Waals surface area (Å²) in [5.74, 6) is 1.20. The van der Waals surface area contributed by atoms with Crippen molar-refractivity contribution in [3.05, 3.63) is 66.0 Å². The highest BCUT2D eigenvalue weighted by atomic mass is 32.2. The van der Waals surface area contributed by atoms with Gasteiger partial charge in [-0.05, 0) is 62.0 Å². The second-order valence-corrected chi connectivity index (χ2v) is 9.43. The van der Waals surface area contributed by atoms with Crippen molar-refractivity contribution in [1.82, 2.24) is 14.8 Å². The molecule has 1 aromatic heterocycles. The Morgan fingerprint density at radius 1 is 1.06 bits per heavy atom. The predicted octanol–water partition coefficient (Wildman–Crippen LogP) is 3.90. The molecule has 0 N–H and O–H groups in total. The van der Waals surface area contributed by atoms with Gasteiger partial charge in [0, 0.05) is 31.4 Å². The number of likely N-dealkylation sites (tertiary alicyclic amines) is 1. The molecule has 2 heterocycles. The van der Waals surface area contributed by atoms with Crippen LogP contribution < -0.4 is 0 Å². The van der Waals surface area contributed by atoms with E-state index in [9.17, 15) is 9.59 Å². The van der Waals surface area contributed by atoms with Crippen LogP contribution in [0.4, 0.5) is 0 Å². The predicted molar refractivity (Wildman–Crippen MR) is 125 cm³/mol. The quantitative estimate of drug-likeness (QED) is 0.629. The van der Waals surface area contributed by atoms with Gasteiger partial charge in [0.05, 0.1) is 5.75 Å². The van der Waals surface area contributed by atoms with Crippen molar-refractivity contribution >= 4 is 23.6 Å². The summed E-state index contributed by atoms with van der Waals surface area (Å²) < 4.78 is 0. The SMILES string of the molecule is CSCC(=O)N1CCC(C(Cc2ccccc2)N(C(=O)c2ccccn2)C2CC2)CC1.